The van der Waals surface area contributed by atoms with Gasteiger partial charge in [-0.1, -0.05) is 12.5 Å². The van der Waals surface area contributed by atoms with Crippen molar-refractivity contribution in [3.63, 3.8) is 0 Å². The number of hydrogen-bond acceptors (Lipinski definition) is 4. The van der Waals surface area contributed by atoms with Gasteiger partial charge < -0.3 is 4.90 Å². The maximum atomic E-state index is 13.5. The minimum Gasteiger partial charge on any atom is -0.308 e. The molecule has 0 radical (unpaired) electrons. The smallest absolute Gasteiger partial charge is 0.268 e. The molecular formula is C23H27N3O2S. The van der Waals surface area contributed by atoms with Crippen molar-refractivity contribution in [2.45, 2.75) is 59.9 Å². The summed E-state index contributed by atoms with van der Waals surface area (Å²) < 4.78 is 1.82. The Bertz CT molecular complexity index is 1160. The molecule has 3 aromatic rings. The number of anilines is 1. The van der Waals surface area contributed by atoms with E-state index >= 15 is 0 Å². The quantitative estimate of drug-likeness (QED) is 0.626. The van der Waals surface area contributed by atoms with Gasteiger partial charge in [-0.05, 0) is 69.4 Å². The van der Waals surface area contributed by atoms with Gasteiger partial charge >= 0.3 is 0 Å². The highest BCUT2D eigenvalue weighted by atomic mass is 32.1. The number of carbonyl (C=O) groups is 1. The minimum absolute atomic E-state index is 0.00827. The molecule has 5 nitrogen and oxygen atoms in total. The third-order valence-electron chi connectivity index (χ3n) is 5.97. The van der Waals surface area contributed by atoms with E-state index in [2.05, 4.69) is 19.9 Å². The predicted molar refractivity (Wildman–Crippen MR) is 119 cm³/mol. The normalized spacial score (nSPS) is 13.9. The zero-order valence-electron chi connectivity index (χ0n) is 17.5. The molecule has 2 aromatic heterocycles. The summed E-state index contributed by atoms with van der Waals surface area (Å²) in [5, 5.41) is 0.611. The number of hydrogen-bond donors (Lipinski definition) is 0. The molecule has 0 saturated carbocycles. The molecule has 1 aromatic carbocycles. The minimum atomic E-state index is -0.0594. The Morgan fingerprint density at radius 2 is 1.97 bits per heavy atom. The Morgan fingerprint density at radius 1 is 1.17 bits per heavy atom. The van der Waals surface area contributed by atoms with Gasteiger partial charge in [0, 0.05) is 25.2 Å². The van der Waals surface area contributed by atoms with E-state index in [1.807, 2.05) is 30.5 Å². The molecule has 1 aliphatic rings. The van der Waals surface area contributed by atoms with E-state index in [0.29, 0.717) is 21.6 Å². The van der Waals surface area contributed by atoms with Crippen molar-refractivity contribution in [2.24, 2.45) is 0 Å². The molecule has 1 amide bonds. The fraction of sp³-hybridized carbons (Fsp3) is 0.435. The van der Waals surface area contributed by atoms with Gasteiger partial charge in [-0.2, -0.15) is 0 Å². The summed E-state index contributed by atoms with van der Waals surface area (Å²) >= 11 is 1.36. The monoisotopic (exact) mass is 409 g/mol. The average molecular weight is 410 g/mol. The van der Waals surface area contributed by atoms with E-state index in [1.165, 1.54) is 16.9 Å². The van der Waals surface area contributed by atoms with Crippen LogP contribution < -0.4 is 10.5 Å². The summed E-state index contributed by atoms with van der Waals surface area (Å²) in [5.74, 6) is 0.803. The van der Waals surface area contributed by atoms with Crippen molar-refractivity contribution >= 4 is 33.1 Å². The fourth-order valence-electron chi connectivity index (χ4n) is 4.07. The molecule has 6 heteroatoms. The second kappa shape index (κ2) is 7.75. The second-order valence-electron chi connectivity index (χ2n) is 7.85. The number of fused-ring (bicyclic) bond motifs is 2. The number of aromatic nitrogens is 2. The number of amides is 1. The molecule has 0 atom stereocenters. The second-order valence-corrected chi connectivity index (χ2v) is 8.85. The highest BCUT2D eigenvalue weighted by Gasteiger charge is 2.25. The number of benzene rings is 1. The van der Waals surface area contributed by atoms with Gasteiger partial charge in [0.25, 0.3) is 11.5 Å². The van der Waals surface area contributed by atoms with E-state index in [-0.39, 0.29) is 11.5 Å². The lowest BCUT2D eigenvalue weighted by Gasteiger charge is -2.21. The number of nitrogens with zero attached hydrogens (tertiary/aromatic N) is 3. The maximum absolute atomic E-state index is 13.5. The first-order valence-electron chi connectivity index (χ1n) is 10.3. The Morgan fingerprint density at radius 3 is 2.69 bits per heavy atom. The Kier molecular flexibility index (Phi) is 5.30. The van der Waals surface area contributed by atoms with Crippen LogP contribution in [0.1, 0.15) is 58.4 Å². The molecule has 0 bridgehead atoms. The summed E-state index contributed by atoms with van der Waals surface area (Å²) in [6, 6.07) is 6.08. The lowest BCUT2D eigenvalue weighted by molar-refractivity contribution is 0.0991. The van der Waals surface area contributed by atoms with E-state index in [0.717, 1.165) is 54.9 Å². The van der Waals surface area contributed by atoms with E-state index in [4.69, 9.17) is 4.98 Å². The van der Waals surface area contributed by atoms with Crippen molar-refractivity contribution in [2.75, 3.05) is 11.4 Å². The molecule has 0 N–H and O–H groups in total. The number of rotatable bonds is 3. The SMILES string of the molecule is CCN(C(=O)c1sc2nc3n(c(=O)c2c1C)CCCCC3)c1ccc(C)c(C)c1. The van der Waals surface area contributed by atoms with Crippen LogP contribution >= 0.6 is 11.3 Å². The van der Waals surface area contributed by atoms with Gasteiger partial charge in [-0.25, -0.2) is 4.98 Å². The van der Waals surface area contributed by atoms with Crippen LogP contribution in [0.4, 0.5) is 5.69 Å². The third kappa shape index (κ3) is 3.39. The van der Waals surface area contributed by atoms with E-state index < -0.39 is 0 Å². The molecule has 0 unspecified atom stereocenters. The maximum Gasteiger partial charge on any atom is 0.268 e. The van der Waals surface area contributed by atoms with Gasteiger partial charge in [0.2, 0.25) is 0 Å². The largest absolute Gasteiger partial charge is 0.308 e. The van der Waals surface area contributed by atoms with Crippen molar-refractivity contribution in [1.29, 1.82) is 0 Å². The molecule has 4 rings (SSSR count). The zero-order chi connectivity index (χ0) is 20.7. The van der Waals surface area contributed by atoms with Gasteiger partial charge in [-0.15, -0.1) is 11.3 Å². The van der Waals surface area contributed by atoms with Crippen LogP contribution in [0.2, 0.25) is 0 Å². The number of carbonyl (C=O) groups excluding carboxylic acids is 1. The Labute approximate surface area is 175 Å². The van der Waals surface area contributed by atoms with Gasteiger partial charge in [0.1, 0.15) is 10.7 Å². The third-order valence-corrected chi connectivity index (χ3v) is 7.14. The highest BCUT2D eigenvalue weighted by Crippen LogP contribution is 2.31. The van der Waals surface area contributed by atoms with Gasteiger partial charge in [0.05, 0.1) is 10.3 Å². The summed E-state index contributed by atoms with van der Waals surface area (Å²) in [7, 11) is 0. The standard InChI is InChI=1S/C23H27N3O2S/c1-5-25(17-11-10-14(2)15(3)13-17)23(28)20-16(4)19-21(29-20)24-18-9-7-6-8-12-26(18)22(19)27/h10-11,13H,5-9,12H2,1-4H3. The van der Waals surface area contributed by atoms with E-state index in [1.54, 1.807) is 4.90 Å². The van der Waals surface area contributed by atoms with Crippen molar-refractivity contribution in [3.05, 3.63) is 55.9 Å². The molecule has 0 spiro atoms. The fourth-order valence-corrected chi connectivity index (χ4v) is 5.21. The molecule has 0 fully saturated rings. The average Bonchev–Trinajstić information content (AvgIpc) is 2.87. The molecule has 0 saturated heterocycles. The van der Waals surface area contributed by atoms with Crippen LogP contribution in [-0.2, 0) is 13.0 Å². The van der Waals surface area contributed by atoms with Crippen molar-refractivity contribution in [1.82, 2.24) is 9.55 Å². The van der Waals surface area contributed by atoms with Crippen LogP contribution in [0.25, 0.3) is 10.2 Å². The van der Waals surface area contributed by atoms with Gasteiger partial charge in [-0.3, -0.25) is 14.2 Å². The van der Waals surface area contributed by atoms with Crippen LogP contribution in [0.15, 0.2) is 23.0 Å². The summed E-state index contributed by atoms with van der Waals surface area (Å²) in [6.07, 6.45) is 4.02. The highest BCUT2D eigenvalue weighted by molar-refractivity contribution is 7.20. The molecule has 152 valence electrons. The summed E-state index contributed by atoms with van der Waals surface area (Å²) in [6.45, 7) is 9.27. The molecule has 29 heavy (non-hydrogen) atoms. The van der Waals surface area contributed by atoms with Crippen LogP contribution in [-0.4, -0.2) is 22.0 Å². The molecule has 1 aliphatic heterocycles. The number of thiophene rings is 1. The summed E-state index contributed by atoms with van der Waals surface area (Å²) in [5.41, 5.74) is 4.01. The first kappa shape index (κ1) is 19.8. The van der Waals surface area contributed by atoms with E-state index in [9.17, 15) is 9.59 Å². The summed E-state index contributed by atoms with van der Waals surface area (Å²) in [4.78, 5) is 34.5. The van der Waals surface area contributed by atoms with Crippen LogP contribution in [0.5, 0.6) is 0 Å². The van der Waals surface area contributed by atoms with Crippen LogP contribution in [0.3, 0.4) is 0 Å². The first-order chi connectivity index (χ1) is 13.9. The first-order valence-corrected chi connectivity index (χ1v) is 11.2. The zero-order valence-corrected chi connectivity index (χ0v) is 18.4. The van der Waals surface area contributed by atoms with Crippen molar-refractivity contribution in [3.8, 4) is 0 Å². The van der Waals surface area contributed by atoms with Gasteiger partial charge in [0.15, 0.2) is 0 Å². The molecule has 0 aliphatic carbocycles. The molecular weight excluding hydrogens is 382 g/mol. The number of aryl methyl sites for hydroxylation is 4. The predicted octanol–water partition coefficient (Wildman–Crippen LogP) is 4.78. The Hall–Kier alpha value is -2.47. The topological polar surface area (TPSA) is 55.2 Å². The lowest BCUT2D eigenvalue weighted by atomic mass is 10.1. The Balaban J connectivity index is 1.81. The van der Waals surface area contributed by atoms with Crippen molar-refractivity contribution < 1.29 is 4.79 Å². The van der Waals surface area contributed by atoms with Crippen LogP contribution in [0, 0.1) is 20.8 Å². The molecule has 3 heterocycles. The lowest BCUT2D eigenvalue weighted by Crippen LogP contribution is -2.30.